The topological polar surface area (TPSA) is 131 Å². The standard InChI is InChI=1S/C42H30Cl4N2O8S2/c1-55-35-15-7-11-27-37(35)25-9-3-5-13-33(25)47(57(51,52)23-17-19-29(43)31(45)21-23)40(27)39(42(49)50)41-28-12-8-16-36(56-2)38(28)26-10-4-6-14-34(26)48(41)58(53,54)24-18-20-30(44)32(46)22-24/h3-22,39-41H,1-2H3,(H,49,50). The van der Waals surface area contributed by atoms with Crippen LogP contribution in [0.25, 0.3) is 22.3 Å². The van der Waals surface area contributed by atoms with Gasteiger partial charge in [0.05, 0.1) is 67.6 Å². The second-order valence-electron chi connectivity index (χ2n) is 13.4. The van der Waals surface area contributed by atoms with Crippen molar-refractivity contribution in [3.05, 3.63) is 153 Å². The lowest BCUT2D eigenvalue weighted by molar-refractivity contribution is -0.143. The maximum absolute atomic E-state index is 15.3. The van der Waals surface area contributed by atoms with Crippen molar-refractivity contribution in [3.63, 3.8) is 0 Å². The number of carboxylic acids is 1. The molecule has 6 aromatic carbocycles. The number of hydrogen-bond donors (Lipinski definition) is 1. The molecule has 1 N–H and O–H groups in total. The molecule has 0 aliphatic carbocycles. The molecular weight excluding hydrogens is 866 g/mol. The first kappa shape index (κ1) is 39.9. The first-order valence-electron chi connectivity index (χ1n) is 17.5. The van der Waals surface area contributed by atoms with Crippen molar-refractivity contribution < 1.29 is 36.2 Å². The highest BCUT2D eigenvalue weighted by Crippen LogP contribution is 2.59. The van der Waals surface area contributed by atoms with Crippen LogP contribution in [0.4, 0.5) is 11.4 Å². The molecule has 2 heterocycles. The Kier molecular flexibility index (Phi) is 10.3. The van der Waals surface area contributed by atoms with Gasteiger partial charge in [-0.15, -0.1) is 0 Å². The summed E-state index contributed by atoms with van der Waals surface area (Å²) in [7, 11) is -6.59. The van der Waals surface area contributed by atoms with Gasteiger partial charge in [-0.1, -0.05) is 107 Å². The van der Waals surface area contributed by atoms with E-state index in [0.29, 0.717) is 33.8 Å². The predicted octanol–water partition coefficient (Wildman–Crippen LogP) is 10.6. The second-order valence-corrected chi connectivity index (χ2v) is 18.6. The highest BCUT2D eigenvalue weighted by Gasteiger charge is 2.54. The van der Waals surface area contributed by atoms with Gasteiger partial charge in [-0.05, 0) is 71.8 Å². The molecule has 2 unspecified atom stereocenters. The lowest BCUT2D eigenvalue weighted by Crippen LogP contribution is -2.50. The van der Waals surface area contributed by atoms with E-state index in [2.05, 4.69) is 0 Å². The van der Waals surface area contributed by atoms with Crippen molar-refractivity contribution in [1.82, 2.24) is 0 Å². The molecule has 2 atom stereocenters. The third-order valence-corrected chi connectivity index (χ3v) is 15.4. The van der Waals surface area contributed by atoms with E-state index < -0.39 is 44.0 Å². The third-order valence-electron chi connectivity index (χ3n) is 10.4. The minimum atomic E-state index is -4.75. The minimum absolute atomic E-state index is 0.0507. The molecule has 0 spiro atoms. The van der Waals surface area contributed by atoms with E-state index in [0.717, 1.165) is 8.61 Å². The fraction of sp³-hybridized carbons (Fsp3) is 0.119. The quantitative estimate of drug-likeness (QED) is 0.152. The Morgan fingerprint density at radius 2 is 0.966 bits per heavy atom. The molecule has 58 heavy (non-hydrogen) atoms. The molecule has 0 saturated carbocycles. The Bertz CT molecular complexity index is 2700. The molecule has 0 amide bonds. The molecule has 10 nitrogen and oxygen atoms in total. The SMILES string of the molecule is COc1cccc2c1-c1ccccc1N(S(=O)(=O)c1ccc(Cl)c(Cl)c1)C2C(C(=O)O)C1c2cccc(OC)c2-c2ccccc2N1S(=O)(=O)c1ccc(Cl)c(Cl)c1. The second kappa shape index (κ2) is 15.0. The number of carboxylic acid groups (broad SMARTS) is 1. The number of nitrogens with zero attached hydrogens (tertiary/aromatic N) is 2. The smallest absolute Gasteiger partial charge is 0.311 e. The van der Waals surface area contributed by atoms with Gasteiger partial charge in [0, 0.05) is 22.3 Å². The van der Waals surface area contributed by atoms with Crippen LogP contribution in [0.2, 0.25) is 20.1 Å². The summed E-state index contributed by atoms with van der Waals surface area (Å²) in [4.78, 5) is 13.9. The molecule has 2 aliphatic heterocycles. The lowest BCUT2D eigenvalue weighted by Gasteiger charge is -2.48. The summed E-state index contributed by atoms with van der Waals surface area (Å²) in [6.07, 6.45) is 0. The number of halogens is 4. The number of rotatable bonds is 9. The van der Waals surface area contributed by atoms with Crippen LogP contribution in [0.15, 0.2) is 131 Å². The van der Waals surface area contributed by atoms with Crippen molar-refractivity contribution >= 4 is 83.8 Å². The minimum Gasteiger partial charge on any atom is -0.496 e. The van der Waals surface area contributed by atoms with Crippen LogP contribution >= 0.6 is 46.4 Å². The molecule has 16 heteroatoms. The maximum atomic E-state index is 15.3. The lowest BCUT2D eigenvalue weighted by atomic mass is 9.75. The number of aliphatic carboxylic acids is 1. The Balaban J connectivity index is 1.50. The van der Waals surface area contributed by atoms with E-state index in [1.165, 1.54) is 50.6 Å². The molecule has 2 aliphatic rings. The van der Waals surface area contributed by atoms with E-state index in [1.807, 2.05) is 0 Å². The molecule has 0 bridgehead atoms. The van der Waals surface area contributed by atoms with Crippen molar-refractivity contribution in [3.8, 4) is 33.8 Å². The van der Waals surface area contributed by atoms with E-state index in [4.69, 9.17) is 55.9 Å². The van der Waals surface area contributed by atoms with Gasteiger partial charge in [-0.25, -0.2) is 16.8 Å². The van der Waals surface area contributed by atoms with E-state index in [-0.39, 0.29) is 52.4 Å². The van der Waals surface area contributed by atoms with Crippen LogP contribution in [0.3, 0.4) is 0 Å². The fourth-order valence-corrected chi connectivity index (χ4v) is 12.1. The van der Waals surface area contributed by atoms with Gasteiger partial charge in [-0.2, -0.15) is 0 Å². The van der Waals surface area contributed by atoms with E-state index in [9.17, 15) is 9.90 Å². The molecule has 0 fully saturated rings. The van der Waals surface area contributed by atoms with Crippen LogP contribution in [0.1, 0.15) is 23.2 Å². The average molecular weight is 897 g/mol. The van der Waals surface area contributed by atoms with E-state index >= 15 is 16.8 Å². The summed E-state index contributed by atoms with van der Waals surface area (Å²) in [6, 6.07) is 27.4. The van der Waals surface area contributed by atoms with Crippen LogP contribution in [0, 0.1) is 5.92 Å². The number of para-hydroxylation sites is 2. The number of hydrogen-bond acceptors (Lipinski definition) is 7. The van der Waals surface area contributed by atoms with E-state index in [1.54, 1.807) is 84.9 Å². The number of methoxy groups -OCH3 is 2. The summed E-state index contributed by atoms with van der Waals surface area (Å²) >= 11 is 25.3. The Morgan fingerprint density at radius 1 is 0.569 bits per heavy atom. The van der Waals surface area contributed by atoms with Gasteiger partial charge < -0.3 is 14.6 Å². The fourth-order valence-electron chi connectivity index (χ4n) is 7.99. The molecule has 0 saturated heterocycles. The third kappa shape index (κ3) is 6.25. The average Bonchev–Trinajstić information content (AvgIpc) is 3.21. The van der Waals surface area contributed by atoms with Crippen molar-refractivity contribution in [2.45, 2.75) is 21.9 Å². The molecule has 0 radical (unpaired) electrons. The summed E-state index contributed by atoms with van der Waals surface area (Å²) in [6.45, 7) is 0. The van der Waals surface area contributed by atoms with Crippen molar-refractivity contribution in [2.24, 2.45) is 5.92 Å². The largest absolute Gasteiger partial charge is 0.496 e. The number of carbonyl (C=O) groups is 1. The Hall–Kier alpha value is -4.95. The monoisotopic (exact) mass is 894 g/mol. The highest BCUT2D eigenvalue weighted by molar-refractivity contribution is 7.93. The number of benzene rings is 6. The first-order chi connectivity index (χ1) is 27.7. The number of sulfonamides is 2. The molecule has 296 valence electrons. The molecule has 6 aromatic rings. The summed E-state index contributed by atoms with van der Waals surface area (Å²) in [5.74, 6) is -2.74. The molecule has 0 aromatic heterocycles. The first-order valence-corrected chi connectivity index (χ1v) is 21.9. The zero-order chi connectivity index (χ0) is 41.3. The molecule has 8 rings (SSSR count). The van der Waals surface area contributed by atoms with Gasteiger partial charge in [-0.3, -0.25) is 13.4 Å². The van der Waals surface area contributed by atoms with Crippen LogP contribution in [-0.4, -0.2) is 42.1 Å². The summed E-state index contributed by atoms with van der Waals surface area (Å²) in [5, 5.41) is 11.9. The number of fused-ring (bicyclic) bond motifs is 6. The van der Waals surface area contributed by atoms with Gasteiger partial charge >= 0.3 is 5.97 Å². The maximum Gasteiger partial charge on any atom is 0.311 e. The zero-order valence-electron chi connectivity index (χ0n) is 30.3. The summed E-state index contributed by atoms with van der Waals surface area (Å²) < 4.78 is 75.1. The number of ether oxygens (including phenoxy) is 2. The zero-order valence-corrected chi connectivity index (χ0v) is 35.0. The van der Waals surface area contributed by atoms with Crippen LogP contribution in [0.5, 0.6) is 11.5 Å². The van der Waals surface area contributed by atoms with Gasteiger partial charge in [0.2, 0.25) is 0 Å². The highest BCUT2D eigenvalue weighted by atomic mass is 35.5. The summed E-state index contributed by atoms with van der Waals surface area (Å²) in [5.41, 5.74) is 2.42. The number of anilines is 2. The van der Waals surface area contributed by atoms with Crippen LogP contribution in [-0.2, 0) is 24.8 Å². The Morgan fingerprint density at radius 3 is 1.33 bits per heavy atom. The van der Waals surface area contributed by atoms with Crippen molar-refractivity contribution in [2.75, 3.05) is 22.8 Å². The predicted molar refractivity (Wildman–Crippen MR) is 226 cm³/mol. The normalized spacial score (nSPS) is 16.4. The van der Waals surface area contributed by atoms with Gasteiger partial charge in [0.1, 0.15) is 17.4 Å². The van der Waals surface area contributed by atoms with Crippen molar-refractivity contribution in [1.29, 1.82) is 0 Å². The van der Waals surface area contributed by atoms with Gasteiger partial charge in [0.25, 0.3) is 20.0 Å². The Labute approximate surface area is 354 Å². The molecular formula is C42H30Cl4N2O8S2. The van der Waals surface area contributed by atoms with Gasteiger partial charge in [0.15, 0.2) is 0 Å². The van der Waals surface area contributed by atoms with Crippen LogP contribution < -0.4 is 18.1 Å².